The second-order valence-corrected chi connectivity index (χ2v) is 4.48. The van der Waals surface area contributed by atoms with E-state index in [4.69, 9.17) is 4.74 Å². The monoisotopic (exact) mass is 210 g/mol. The number of aliphatic hydroxyl groups excluding tert-OH is 1. The average Bonchev–Trinajstić information content (AvgIpc) is 2.76. The summed E-state index contributed by atoms with van der Waals surface area (Å²) >= 11 is 0. The first-order chi connectivity index (χ1) is 7.16. The van der Waals surface area contributed by atoms with E-state index in [-0.39, 0.29) is 18.1 Å². The summed E-state index contributed by atoms with van der Waals surface area (Å²) in [4.78, 5) is 0. The molecule has 1 fully saturated rings. The molecular formula is C11H18N2O2. The Labute approximate surface area is 89.9 Å². The fraction of sp³-hybridized carbons (Fsp3) is 0.727. The largest absolute Gasteiger partial charge is 0.396 e. The quantitative estimate of drug-likeness (QED) is 0.801. The molecule has 1 aliphatic heterocycles. The van der Waals surface area contributed by atoms with Crippen molar-refractivity contribution in [1.82, 2.24) is 9.78 Å². The highest BCUT2D eigenvalue weighted by Gasteiger charge is 2.41. The molecule has 1 aromatic heterocycles. The lowest BCUT2D eigenvalue weighted by Gasteiger charge is -2.29. The minimum Gasteiger partial charge on any atom is -0.396 e. The van der Waals surface area contributed by atoms with E-state index in [1.165, 1.54) is 5.56 Å². The summed E-state index contributed by atoms with van der Waals surface area (Å²) in [5, 5.41) is 13.7. The molecular weight excluding hydrogens is 192 g/mol. The lowest BCUT2D eigenvalue weighted by Crippen LogP contribution is -2.34. The Morgan fingerprint density at radius 2 is 2.53 bits per heavy atom. The molecule has 1 aromatic rings. The molecule has 0 saturated carbocycles. The van der Waals surface area contributed by atoms with Crippen molar-refractivity contribution in [2.24, 2.45) is 12.5 Å². The first-order valence-electron chi connectivity index (χ1n) is 5.36. The lowest BCUT2D eigenvalue weighted by molar-refractivity contribution is 0.0272. The summed E-state index contributed by atoms with van der Waals surface area (Å²) in [7, 11) is 1.91. The standard InChI is InChI=1S/C11H18N2O2/c1-9-11(8-14,3-4-15-9)5-10-6-12-13(2)7-10/h6-7,9,14H,3-5,8H2,1-2H3. The molecule has 0 spiro atoms. The second-order valence-electron chi connectivity index (χ2n) is 4.48. The van der Waals surface area contributed by atoms with E-state index < -0.39 is 0 Å². The summed E-state index contributed by atoms with van der Waals surface area (Å²) in [6.07, 6.45) is 5.77. The number of aryl methyl sites for hydroxylation is 1. The molecule has 1 N–H and O–H groups in total. The Morgan fingerprint density at radius 3 is 3.00 bits per heavy atom. The van der Waals surface area contributed by atoms with Crippen LogP contribution in [0, 0.1) is 5.41 Å². The van der Waals surface area contributed by atoms with Gasteiger partial charge in [-0.2, -0.15) is 5.10 Å². The second kappa shape index (κ2) is 3.94. The van der Waals surface area contributed by atoms with Crippen molar-refractivity contribution in [3.05, 3.63) is 18.0 Å². The van der Waals surface area contributed by atoms with Gasteiger partial charge in [-0.15, -0.1) is 0 Å². The molecule has 84 valence electrons. The highest BCUT2D eigenvalue weighted by molar-refractivity contribution is 5.09. The Bertz CT molecular complexity index is 337. The molecule has 1 saturated heterocycles. The molecule has 2 unspecified atom stereocenters. The van der Waals surface area contributed by atoms with Crippen LogP contribution < -0.4 is 0 Å². The van der Waals surface area contributed by atoms with Gasteiger partial charge >= 0.3 is 0 Å². The molecule has 4 nitrogen and oxygen atoms in total. The molecule has 0 amide bonds. The predicted molar refractivity (Wildman–Crippen MR) is 56.5 cm³/mol. The maximum Gasteiger partial charge on any atom is 0.0629 e. The summed E-state index contributed by atoms with van der Waals surface area (Å²) in [5.41, 5.74) is 1.06. The fourth-order valence-corrected chi connectivity index (χ4v) is 2.28. The molecule has 0 radical (unpaired) electrons. The summed E-state index contributed by atoms with van der Waals surface area (Å²) in [5.74, 6) is 0. The van der Waals surface area contributed by atoms with Gasteiger partial charge in [-0.25, -0.2) is 0 Å². The van der Waals surface area contributed by atoms with E-state index in [9.17, 15) is 5.11 Å². The first-order valence-corrected chi connectivity index (χ1v) is 5.36. The van der Waals surface area contributed by atoms with Crippen molar-refractivity contribution in [1.29, 1.82) is 0 Å². The van der Waals surface area contributed by atoms with Crippen LogP contribution in [0.5, 0.6) is 0 Å². The van der Waals surface area contributed by atoms with E-state index in [2.05, 4.69) is 5.10 Å². The lowest BCUT2D eigenvalue weighted by atomic mass is 9.78. The smallest absolute Gasteiger partial charge is 0.0629 e. The molecule has 1 aliphatic rings. The van der Waals surface area contributed by atoms with Crippen molar-refractivity contribution < 1.29 is 9.84 Å². The van der Waals surface area contributed by atoms with Gasteiger partial charge in [0.05, 0.1) is 18.9 Å². The third-order valence-corrected chi connectivity index (χ3v) is 3.46. The SMILES string of the molecule is CC1OCCC1(CO)Cc1cnn(C)c1. The van der Waals surface area contributed by atoms with E-state index >= 15 is 0 Å². The van der Waals surface area contributed by atoms with Gasteiger partial charge in [-0.1, -0.05) is 0 Å². The van der Waals surface area contributed by atoms with Crippen LogP contribution in [-0.2, 0) is 18.2 Å². The van der Waals surface area contributed by atoms with Crippen molar-refractivity contribution in [2.75, 3.05) is 13.2 Å². The predicted octanol–water partition coefficient (Wildman–Crippen LogP) is 0.750. The first kappa shape index (κ1) is 10.6. The van der Waals surface area contributed by atoms with E-state index in [0.29, 0.717) is 0 Å². The number of hydrogen-bond acceptors (Lipinski definition) is 3. The van der Waals surface area contributed by atoms with Gasteiger partial charge in [0.1, 0.15) is 0 Å². The molecule has 0 aliphatic carbocycles. The Morgan fingerprint density at radius 1 is 1.73 bits per heavy atom. The third kappa shape index (κ3) is 1.92. The minimum atomic E-state index is -0.108. The van der Waals surface area contributed by atoms with Gasteiger partial charge in [-0.05, 0) is 25.3 Å². The topological polar surface area (TPSA) is 47.3 Å². The highest BCUT2D eigenvalue weighted by Crippen LogP contribution is 2.37. The summed E-state index contributed by atoms with van der Waals surface area (Å²) < 4.78 is 7.34. The Hall–Kier alpha value is -0.870. The average molecular weight is 210 g/mol. The number of ether oxygens (including phenoxy) is 1. The van der Waals surface area contributed by atoms with Crippen molar-refractivity contribution >= 4 is 0 Å². The van der Waals surface area contributed by atoms with Crippen LogP contribution in [0.3, 0.4) is 0 Å². The van der Waals surface area contributed by atoms with Crippen LogP contribution in [0.2, 0.25) is 0 Å². The van der Waals surface area contributed by atoms with E-state index in [1.54, 1.807) is 4.68 Å². The molecule has 2 heterocycles. The zero-order valence-corrected chi connectivity index (χ0v) is 9.31. The van der Waals surface area contributed by atoms with Crippen molar-refractivity contribution in [3.8, 4) is 0 Å². The molecule has 2 atom stereocenters. The fourth-order valence-electron chi connectivity index (χ4n) is 2.28. The normalized spacial score (nSPS) is 31.0. The number of aromatic nitrogens is 2. The van der Waals surface area contributed by atoms with Gasteiger partial charge < -0.3 is 9.84 Å². The van der Waals surface area contributed by atoms with Gasteiger partial charge in [-0.3, -0.25) is 4.68 Å². The van der Waals surface area contributed by atoms with E-state index in [1.807, 2.05) is 26.4 Å². The van der Waals surface area contributed by atoms with Gasteiger partial charge in [0.15, 0.2) is 0 Å². The number of rotatable bonds is 3. The maximum absolute atomic E-state index is 9.55. The Kier molecular flexibility index (Phi) is 2.80. The van der Waals surface area contributed by atoms with Crippen LogP contribution in [0.1, 0.15) is 18.9 Å². The Balaban J connectivity index is 2.14. The molecule has 4 heteroatoms. The summed E-state index contributed by atoms with van der Waals surface area (Å²) in [6.45, 7) is 2.98. The third-order valence-electron chi connectivity index (χ3n) is 3.46. The van der Waals surface area contributed by atoms with Crippen molar-refractivity contribution in [3.63, 3.8) is 0 Å². The molecule has 0 bridgehead atoms. The number of hydrogen-bond donors (Lipinski definition) is 1. The van der Waals surface area contributed by atoms with Crippen LogP contribution in [0.25, 0.3) is 0 Å². The van der Waals surface area contributed by atoms with Crippen LogP contribution >= 0.6 is 0 Å². The maximum atomic E-state index is 9.55. The number of aliphatic hydroxyl groups is 1. The van der Waals surface area contributed by atoms with Crippen molar-refractivity contribution in [2.45, 2.75) is 25.9 Å². The zero-order chi connectivity index (χ0) is 10.9. The molecule has 2 rings (SSSR count). The summed E-state index contributed by atoms with van der Waals surface area (Å²) in [6, 6.07) is 0. The van der Waals surface area contributed by atoms with Crippen LogP contribution in [0.4, 0.5) is 0 Å². The van der Waals surface area contributed by atoms with Crippen LogP contribution in [0.15, 0.2) is 12.4 Å². The minimum absolute atomic E-state index is 0.108. The van der Waals surface area contributed by atoms with Crippen LogP contribution in [-0.4, -0.2) is 34.2 Å². The molecule has 0 aromatic carbocycles. The van der Waals surface area contributed by atoms with Gasteiger partial charge in [0.25, 0.3) is 0 Å². The molecule has 15 heavy (non-hydrogen) atoms. The van der Waals surface area contributed by atoms with Gasteiger partial charge in [0, 0.05) is 25.3 Å². The number of nitrogens with zero attached hydrogens (tertiary/aromatic N) is 2. The zero-order valence-electron chi connectivity index (χ0n) is 9.31. The van der Waals surface area contributed by atoms with Gasteiger partial charge in [0.2, 0.25) is 0 Å². The highest BCUT2D eigenvalue weighted by atomic mass is 16.5. The van der Waals surface area contributed by atoms with E-state index in [0.717, 1.165) is 19.4 Å².